The quantitative estimate of drug-likeness (QED) is 0.318. The zero-order valence-electron chi connectivity index (χ0n) is 18.5. The molecule has 0 saturated heterocycles. The number of carbonyl (C=O) groups excluding carboxylic acids is 1. The molecular formula is C21H23F3IN5O3. The van der Waals surface area contributed by atoms with Crippen LogP contribution in [0.15, 0.2) is 12.1 Å². The standard InChI is InChI=1S/C21H23F3IN5O3/c1-10-17-18(29(3)21(2,9-32-4)19(31)27-17)28-20(26-10)30(25)11-5-12(6-11)33-13-7-14(22)16(24)15(23)8-13/h7-8,11-12H,5-6,9H2,1-4H3,(H,27,31)/t11?,12?,21-/m1/s1. The zero-order valence-corrected chi connectivity index (χ0v) is 20.6. The number of nitrogens with zero attached hydrogens (tertiary/aromatic N) is 4. The molecule has 1 amide bonds. The Morgan fingerprint density at radius 3 is 2.52 bits per heavy atom. The van der Waals surface area contributed by atoms with E-state index < -0.39 is 23.0 Å². The summed E-state index contributed by atoms with van der Waals surface area (Å²) in [6.07, 6.45) is 0.857. The van der Waals surface area contributed by atoms with Gasteiger partial charge in [-0.05, 0) is 13.8 Å². The maximum absolute atomic E-state index is 13.4. The molecular weight excluding hydrogens is 554 g/mol. The van der Waals surface area contributed by atoms with Crippen LogP contribution in [0.1, 0.15) is 25.5 Å². The molecule has 8 nitrogen and oxygen atoms in total. The summed E-state index contributed by atoms with van der Waals surface area (Å²) in [4.78, 5) is 23.7. The van der Waals surface area contributed by atoms with Crippen LogP contribution < -0.4 is 18.1 Å². The van der Waals surface area contributed by atoms with E-state index in [-0.39, 0.29) is 30.4 Å². The van der Waals surface area contributed by atoms with Crippen molar-refractivity contribution in [2.45, 2.75) is 44.4 Å². The molecule has 178 valence electrons. The van der Waals surface area contributed by atoms with Gasteiger partial charge in [0.25, 0.3) is 5.91 Å². The number of ether oxygens (including phenoxy) is 2. The van der Waals surface area contributed by atoms with Gasteiger partial charge in [-0.1, -0.05) is 0 Å². The van der Waals surface area contributed by atoms with Gasteiger partial charge in [-0.2, -0.15) is 4.98 Å². The van der Waals surface area contributed by atoms with Crippen molar-refractivity contribution in [1.29, 1.82) is 0 Å². The Morgan fingerprint density at radius 1 is 1.27 bits per heavy atom. The van der Waals surface area contributed by atoms with Crippen molar-refractivity contribution in [3.8, 4) is 5.75 Å². The molecule has 1 N–H and O–H groups in total. The van der Waals surface area contributed by atoms with Crippen molar-refractivity contribution in [2.75, 3.05) is 34.1 Å². The maximum atomic E-state index is 13.4. The molecule has 12 heteroatoms. The molecule has 33 heavy (non-hydrogen) atoms. The summed E-state index contributed by atoms with van der Waals surface area (Å²) in [5, 5.41) is 2.89. The number of anilines is 3. The van der Waals surface area contributed by atoms with E-state index in [0.717, 1.165) is 12.1 Å². The number of carbonyl (C=O) groups is 1. The molecule has 2 aliphatic rings. The minimum absolute atomic E-state index is 0.0250. The lowest BCUT2D eigenvalue weighted by molar-refractivity contribution is -0.122. The molecule has 4 rings (SSSR count). The third kappa shape index (κ3) is 4.18. The van der Waals surface area contributed by atoms with Crippen LogP contribution in [-0.4, -0.2) is 54.3 Å². The SMILES string of the molecule is COC[C@]1(C)C(=O)Nc2c(C)nc(N(I)C3CC(Oc4cc(F)c(F)c(F)c4)C3)nc2N1C. The molecule has 0 radical (unpaired) electrons. The van der Waals surface area contributed by atoms with Gasteiger partial charge in [-0.15, -0.1) is 0 Å². The van der Waals surface area contributed by atoms with Crippen molar-refractivity contribution >= 4 is 46.2 Å². The van der Waals surface area contributed by atoms with Crippen LogP contribution in [0.2, 0.25) is 0 Å². The third-order valence-electron chi connectivity index (χ3n) is 6.11. The summed E-state index contributed by atoms with van der Waals surface area (Å²) in [6.45, 7) is 3.77. The fourth-order valence-electron chi connectivity index (χ4n) is 3.88. The molecule has 0 spiro atoms. The second-order valence-electron chi connectivity index (χ2n) is 8.40. The molecule has 1 saturated carbocycles. The van der Waals surface area contributed by atoms with Crippen molar-refractivity contribution < 1.29 is 27.4 Å². The second-order valence-corrected chi connectivity index (χ2v) is 9.44. The van der Waals surface area contributed by atoms with Gasteiger partial charge in [0.2, 0.25) is 5.95 Å². The number of halogens is 4. The van der Waals surface area contributed by atoms with Gasteiger partial charge in [0.1, 0.15) is 23.1 Å². The highest BCUT2D eigenvalue weighted by Crippen LogP contribution is 2.40. The van der Waals surface area contributed by atoms with Crippen molar-refractivity contribution in [3.63, 3.8) is 0 Å². The molecule has 1 atom stereocenters. The van der Waals surface area contributed by atoms with E-state index in [2.05, 4.69) is 33.2 Å². The summed E-state index contributed by atoms with van der Waals surface area (Å²) in [5.74, 6) is -3.28. The van der Waals surface area contributed by atoms with Crippen LogP contribution in [0.5, 0.6) is 5.75 Å². The number of hydrogen-bond donors (Lipinski definition) is 1. The summed E-state index contributed by atoms with van der Waals surface area (Å²) >= 11 is 2.12. The van der Waals surface area contributed by atoms with Crippen molar-refractivity contribution in [2.24, 2.45) is 0 Å². The molecule has 2 heterocycles. The summed E-state index contributed by atoms with van der Waals surface area (Å²) < 4.78 is 52.7. The number of likely N-dealkylation sites (N-methyl/N-ethyl adjacent to an activating group) is 1. The Hall–Kier alpha value is -2.35. The molecule has 0 bridgehead atoms. The fourth-order valence-corrected chi connectivity index (χ4v) is 4.55. The monoisotopic (exact) mass is 577 g/mol. The Balaban J connectivity index is 1.48. The minimum atomic E-state index is -1.52. The van der Waals surface area contributed by atoms with E-state index in [1.807, 2.05) is 3.11 Å². The lowest BCUT2D eigenvalue weighted by atomic mass is 9.89. The van der Waals surface area contributed by atoms with E-state index in [9.17, 15) is 18.0 Å². The fraction of sp³-hybridized carbons (Fsp3) is 0.476. The number of amides is 1. The first-order chi connectivity index (χ1) is 15.5. The smallest absolute Gasteiger partial charge is 0.252 e. The molecule has 1 aromatic carbocycles. The molecule has 1 aliphatic heterocycles. The van der Waals surface area contributed by atoms with E-state index in [1.54, 1.807) is 25.8 Å². The maximum Gasteiger partial charge on any atom is 0.252 e. The van der Waals surface area contributed by atoms with Crippen molar-refractivity contribution in [1.82, 2.24) is 9.97 Å². The molecule has 2 aromatic rings. The summed E-state index contributed by atoms with van der Waals surface area (Å²) in [6, 6.07) is 1.70. The van der Waals surface area contributed by atoms with Crippen LogP contribution in [0, 0.1) is 24.4 Å². The van der Waals surface area contributed by atoms with Crippen molar-refractivity contribution in [3.05, 3.63) is 35.3 Å². The highest BCUT2D eigenvalue weighted by atomic mass is 127. The number of benzene rings is 1. The topological polar surface area (TPSA) is 79.8 Å². The first-order valence-electron chi connectivity index (χ1n) is 10.2. The average molecular weight is 577 g/mol. The van der Waals surface area contributed by atoms with Crippen LogP contribution >= 0.6 is 22.9 Å². The first kappa shape index (κ1) is 23.8. The lowest BCUT2D eigenvalue weighted by Crippen LogP contribution is -2.59. The minimum Gasteiger partial charge on any atom is -0.490 e. The van der Waals surface area contributed by atoms with E-state index in [1.165, 1.54) is 7.11 Å². The largest absolute Gasteiger partial charge is 0.490 e. The summed E-state index contributed by atoms with van der Waals surface area (Å²) in [7, 11) is 3.33. The van der Waals surface area contributed by atoms with Crippen LogP contribution in [0.4, 0.5) is 30.6 Å². The van der Waals surface area contributed by atoms with Gasteiger partial charge in [0, 0.05) is 45.2 Å². The normalized spacial score (nSPS) is 24.1. The molecule has 1 aliphatic carbocycles. The Labute approximate surface area is 203 Å². The van der Waals surface area contributed by atoms with Crippen LogP contribution in [0.25, 0.3) is 0 Å². The predicted octanol–water partition coefficient (Wildman–Crippen LogP) is 3.76. The molecule has 1 aromatic heterocycles. The number of fused-ring (bicyclic) bond motifs is 1. The van der Waals surface area contributed by atoms with Gasteiger partial charge in [-0.25, -0.2) is 18.2 Å². The summed E-state index contributed by atoms with van der Waals surface area (Å²) in [5.41, 5.74) is 0.255. The lowest BCUT2D eigenvalue weighted by Gasteiger charge is -2.43. The van der Waals surface area contributed by atoms with Crippen LogP contribution in [-0.2, 0) is 9.53 Å². The zero-order chi connectivity index (χ0) is 24.1. The molecule has 1 fully saturated rings. The number of methoxy groups -OCH3 is 1. The van der Waals surface area contributed by atoms with Gasteiger partial charge in [0.15, 0.2) is 23.3 Å². The highest BCUT2D eigenvalue weighted by molar-refractivity contribution is 14.1. The van der Waals surface area contributed by atoms with E-state index in [0.29, 0.717) is 36.0 Å². The number of rotatable bonds is 6. The van der Waals surface area contributed by atoms with Gasteiger partial charge < -0.3 is 19.7 Å². The predicted molar refractivity (Wildman–Crippen MR) is 124 cm³/mol. The van der Waals surface area contributed by atoms with Gasteiger partial charge >= 0.3 is 0 Å². The highest BCUT2D eigenvalue weighted by Gasteiger charge is 2.45. The Morgan fingerprint density at radius 2 is 1.91 bits per heavy atom. The van der Waals surface area contributed by atoms with Gasteiger partial charge in [-0.3, -0.25) is 7.91 Å². The average Bonchev–Trinajstić information content (AvgIpc) is 2.73. The Kier molecular flexibility index (Phi) is 6.33. The first-order valence-corrected chi connectivity index (χ1v) is 11.2. The van der Waals surface area contributed by atoms with E-state index >= 15 is 0 Å². The van der Waals surface area contributed by atoms with Gasteiger partial charge in [0.05, 0.1) is 35.2 Å². The van der Waals surface area contributed by atoms with Crippen LogP contribution in [0.3, 0.4) is 0 Å². The molecule has 0 unspecified atom stereocenters. The number of nitrogens with one attached hydrogen (secondary N) is 1. The van der Waals surface area contributed by atoms with E-state index in [4.69, 9.17) is 14.5 Å². The Bertz CT molecular complexity index is 1080. The second kappa shape index (κ2) is 8.78. The number of aromatic nitrogens is 2. The third-order valence-corrected chi connectivity index (χ3v) is 7.33. The number of aryl methyl sites for hydroxylation is 1. The number of hydrogen-bond acceptors (Lipinski definition) is 7.